The minimum atomic E-state index is -0.573. The largest absolute Gasteiger partial charge is 0.372 e. The number of fused-ring (bicyclic) bond motifs is 2. The number of imide groups is 1. The van der Waals surface area contributed by atoms with E-state index in [9.17, 15) is 14.9 Å². The van der Waals surface area contributed by atoms with E-state index < -0.39 is 11.8 Å². The Labute approximate surface area is 331 Å². The predicted molar refractivity (Wildman–Crippen MR) is 220 cm³/mol. The Bertz CT molecular complexity index is 2330. The van der Waals surface area contributed by atoms with Crippen molar-refractivity contribution in [3.8, 4) is 6.07 Å². The molecule has 5 aromatic rings. The van der Waals surface area contributed by atoms with Crippen molar-refractivity contribution in [1.29, 1.82) is 5.26 Å². The van der Waals surface area contributed by atoms with E-state index in [4.69, 9.17) is 11.6 Å². The van der Waals surface area contributed by atoms with E-state index in [0.29, 0.717) is 28.3 Å². The van der Waals surface area contributed by atoms with Gasteiger partial charge >= 0.3 is 6.03 Å². The Hall–Kier alpha value is -5.05. The Kier molecular flexibility index (Phi) is 9.88. The number of hydrogen-bond donors (Lipinski definition) is 2. The zero-order chi connectivity index (χ0) is 38.5. The normalized spacial score (nSPS) is 20.6. The van der Waals surface area contributed by atoms with Gasteiger partial charge in [0.1, 0.15) is 11.9 Å². The summed E-state index contributed by atoms with van der Waals surface area (Å²) >= 11 is 6.50. The van der Waals surface area contributed by atoms with Crippen LogP contribution in [0.1, 0.15) is 73.6 Å². The Morgan fingerprint density at radius 3 is 2.41 bits per heavy atom. The van der Waals surface area contributed by atoms with Crippen LogP contribution in [0.4, 0.5) is 26.2 Å². The topological polar surface area (TPSA) is 104 Å². The number of urea groups is 1. The second-order valence-corrected chi connectivity index (χ2v) is 16.7. The van der Waals surface area contributed by atoms with Crippen LogP contribution in [0.5, 0.6) is 0 Å². The van der Waals surface area contributed by atoms with Gasteiger partial charge in [-0.2, -0.15) is 5.26 Å². The van der Waals surface area contributed by atoms with Crippen molar-refractivity contribution >= 4 is 62.4 Å². The summed E-state index contributed by atoms with van der Waals surface area (Å²) in [5, 5.41) is 14.1. The average Bonchev–Trinajstić information content (AvgIpc) is 3.80. The maximum atomic E-state index is 15.2. The zero-order valence-corrected chi connectivity index (χ0v) is 32.6. The minimum Gasteiger partial charge on any atom is -0.372 e. The summed E-state index contributed by atoms with van der Waals surface area (Å²) in [4.78, 5) is 36.3. The van der Waals surface area contributed by atoms with Crippen molar-refractivity contribution in [2.75, 3.05) is 67.1 Å². The van der Waals surface area contributed by atoms with Crippen molar-refractivity contribution < 1.29 is 14.0 Å². The van der Waals surface area contributed by atoms with Gasteiger partial charge in [-0.15, -0.1) is 0 Å². The summed E-state index contributed by atoms with van der Waals surface area (Å²) in [6, 6.07) is 20.4. The number of nitriles is 1. The number of aryl methyl sites for hydroxylation is 1. The third-order valence-electron chi connectivity index (χ3n) is 13.0. The van der Waals surface area contributed by atoms with E-state index in [0.717, 1.165) is 99.0 Å². The molecule has 9 rings (SSSR count). The summed E-state index contributed by atoms with van der Waals surface area (Å²) in [5.74, 6) is 0.764. The number of piperidine rings is 3. The first-order valence-corrected chi connectivity index (χ1v) is 20.5. The number of H-pyrrole nitrogens is 1. The summed E-state index contributed by atoms with van der Waals surface area (Å²) in [6.07, 6.45) is 8.73. The van der Waals surface area contributed by atoms with Crippen LogP contribution in [0.3, 0.4) is 0 Å². The van der Waals surface area contributed by atoms with Crippen LogP contribution in [0.15, 0.2) is 60.8 Å². The molecule has 12 heteroatoms. The molecule has 0 bridgehead atoms. The van der Waals surface area contributed by atoms with E-state index in [1.165, 1.54) is 40.8 Å². The molecular weight excluding hydrogens is 727 g/mol. The van der Waals surface area contributed by atoms with E-state index in [-0.39, 0.29) is 24.6 Å². The number of likely N-dealkylation sites (tertiary alicyclic amines) is 1. The van der Waals surface area contributed by atoms with Gasteiger partial charge in [-0.3, -0.25) is 15.0 Å². The molecule has 0 radical (unpaired) electrons. The molecule has 4 aliphatic heterocycles. The molecule has 4 aliphatic rings. The second-order valence-electron chi connectivity index (χ2n) is 16.3. The Morgan fingerprint density at radius 1 is 0.875 bits per heavy atom. The maximum Gasteiger partial charge on any atom is 0.328 e. The molecule has 4 saturated heterocycles. The van der Waals surface area contributed by atoms with Gasteiger partial charge in [0.2, 0.25) is 5.91 Å². The molecule has 10 nitrogen and oxygen atoms in total. The van der Waals surface area contributed by atoms with Crippen LogP contribution in [0.25, 0.3) is 21.8 Å². The molecule has 3 aromatic carbocycles. The summed E-state index contributed by atoms with van der Waals surface area (Å²) in [7, 11) is 2.03. The van der Waals surface area contributed by atoms with Gasteiger partial charge in [-0.1, -0.05) is 23.7 Å². The molecule has 2 aromatic heterocycles. The number of benzene rings is 3. The van der Waals surface area contributed by atoms with Crippen LogP contribution in [0, 0.1) is 23.1 Å². The Morgan fingerprint density at radius 2 is 1.66 bits per heavy atom. The zero-order valence-electron chi connectivity index (χ0n) is 31.9. The summed E-state index contributed by atoms with van der Waals surface area (Å²) in [6.45, 7) is 7.51. The number of carbonyl (C=O) groups is 2. The molecule has 0 unspecified atom stereocenters. The van der Waals surface area contributed by atoms with Crippen LogP contribution in [0.2, 0.25) is 5.02 Å². The van der Waals surface area contributed by atoms with Crippen molar-refractivity contribution in [2.24, 2.45) is 13.0 Å². The van der Waals surface area contributed by atoms with Gasteiger partial charge in [0.05, 0.1) is 33.0 Å². The third kappa shape index (κ3) is 6.87. The van der Waals surface area contributed by atoms with E-state index in [2.05, 4.69) is 72.0 Å². The quantitative estimate of drug-likeness (QED) is 0.173. The number of carbonyl (C=O) groups excluding carboxylic acids is 2. The average molecular weight is 775 g/mol. The van der Waals surface area contributed by atoms with Crippen LogP contribution in [-0.4, -0.2) is 78.7 Å². The molecule has 6 heterocycles. The number of anilines is 3. The number of hydrogen-bond acceptors (Lipinski definition) is 6. The van der Waals surface area contributed by atoms with Crippen LogP contribution >= 0.6 is 11.6 Å². The van der Waals surface area contributed by atoms with Crippen LogP contribution < -0.4 is 20.0 Å². The molecule has 1 atom stereocenters. The van der Waals surface area contributed by atoms with Gasteiger partial charge in [0.15, 0.2) is 0 Å². The molecule has 290 valence electrons. The van der Waals surface area contributed by atoms with Gasteiger partial charge in [-0.25, -0.2) is 9.18 Å². The molecule has 4 fully saturated rings. The lowest BCUT2D eigenvalue weighted by Gasteiger charge is -2.38. The fraction of sp³-hybridized carbons (Fsp3) is 0.432. The number of aromatic amines is 1. The molecule has 56 heavy (non-hydrogen) atoms. The Balaban J connectivity index is 0.768. The smallest absolute Gasteiger partial charge is 0.328 e. The summed E-state index contributed by atoms with van der Waals surface area (Å²) in [5.41, 5.74) is 7.67. The molecule has 3 amide bonds. The highest BCUT2D eigenvalue weighted by Crippen LogP contribution is 2.39. The fourth-order valence-corrected chi connectivity index (χ4v) is 10.1. The van der Waals surface area contributed by atoms with E-state index in [1.54, 1.807) is 12.3 Å². The van der Waals surface area contributed by atoms with E-state index >= 15 is 4.39 Å². The molecule has 2 N–H and O–H groups in total. The van der Waals surface area contributed by atoms with Gasteiger partial charge in [-0.05, 0) is 106 Å². The monoisotopic (exact) mass is 774 g/mol. The minimum absolute atomic E-state index is 0.159. The van der Waals surface area contributed by atoms with Crippen molar-refractivity contribution in [2.45, 2.75) is 56.8 Å². The number of aromatic nitrogens is 2. The first kappa shape index (κ1) is 36.6. The number of nitrogens with zero attached hydrogens (tertiary/aromatic N) is 6. The molecule has 0 spiro atoms. The number of amides is 3. The SMILES string of the molecule is Cn1c(C2CCN(CC3CCN(c4ccc([C@@H]5CCCN(c6ccc(Cl)c7c(C#N)c[nH]c67)C5)cc4)CC3)CC2)cc2cc(F)c(N3CCC(=O)NC3=O)cc21. The van der Waals surface area contributed by atoms with Gasteiger partial charge < -0.3 is 24.3 Å². The first-order chi connectivity index (χ1) is 27.2. The lowest BCUT2D eigenvalue weighted by atomic mass is 9.89. The third-order valence-corrected chi connectivity index (χ3v) is 13.3. The first-order valence-electron chi connectivity index (χ1n) is 20.2. The highest BCUT2D eigenvalue weighted by Gasteiger charge is 2.30. The highest BCUT2D eigenvalue weighted by atomic mass is 35.5. The standard InChI is InChI=1S/C44H48ClFN8O2/c1-50-38(22-32-21-36(46)40(23-39(32)50)54-20-14-41(55)49-44(54)56)30-12-16-51(17-13-30)26-28-10-18-52(19-11-28)34-6-4-29(5-7-34)31-3-2-15-53(27-31)37-9-8-35(45)42-33(24-47)25-48-43(37)42/h4-9,21-23,25,28,30-31,48H,2-3,10-20,26-27H2,1H3,(H,49,55,56)/t31-/m1/s1. The number of rotatable bonds is 7. The van der Waals surface area contributed by atoms with Gasteiger partial charge in [0, 0.05) is 92.9 Å². The van der Waals surface area contributed by atoms with Crippen LogP contribution in [-0.2, 0) is 11.8 Å². The molecule has 0 saturated carbocycles. The summed E-state index contributed by atoms with van der Waals surface area (Å²) < 4.78 is 17.4. The highest BCUT2D eigenvalue weighted by molar-refractivity contribution is 6.36. The predicted octanol–water partition coefficient (Wildman–Crippen LogP) is 8.25. The lowest BCUT2D eigenvalue weighted by Crippen LogP contribution is -2.49. The molecule has 0 aliphatic carbocycles. The van der Waals surface area contributed by atoms with Crippen molar-refractivity contribution in [1.82, 2.24) is 19.8 Å². The van der Waals surface area contributed by atoms with E-state index in [1.807, 2.05) is 13.1 Å². The lowest BCUT2D eigenvalue weighted by molar-refractivity contribution is -0.120. The van der Waals surface area contributed by atoms with Crippen molar-refractivity contribution in [3.63, 3.8) is 0 Å². The number of halogens is 2. The second kappa shape index (κ2) is 15.1. The van der Waals surface area contributed by atoms with Gasteiger partial charge in [0.25, 0.3) is 0 Å². The molecular formula is C44H48ClFN8O2. The fourth-order valence-electron chi connectivity index (χ4n) is 9.88. The van der Waals surface area contributed by atoms with Crippen molar-refractivity contribution in [3.05, 3.63) is 88.5 Å². The maximum absolute atomic E-state index is 15.2. The number of nitrogens with one attached hydrogen (secondary N) is 2.